The van der Waals surface area contributed by atoms with E-state index in [4.69, 9.17) is 0 Å². The maximum absolute atomic E-state index is 12.9. The number of rotatable bonds is 8. The first kappa shape index (κ1) is 22.0. The maximum Gasteiger partial charge on any atom is 0.223 e. The molecule has 31 heavy (non-hydrogen) atoms. The molecule has 2 atom stereocenters. The van der Waals surface area contributed by atoms with Crippen molar-refractivity contribution in [1.82, 2.24) is 9.62 Å². The summed E-state index contributed by atoms with van der Waals surface area (Å²) < 4.78 is 26.7. The summed E-state index contributed by atoms with van der Waals surface area (Å²) in [7, 11) is -3.19. The van der Waals surface area contributed by atoms with Gasteiger partial charge in [0.2, 0.25) is 15.9 Å². The molecule has 1 heterocycles. The lowest BCUT2D eigenvalue weighted by Gasteiger charge is -2.42. The molecule has 2 aliphatic rings. The van der Waals surface area contributed by atoms with Crippen LogP contribution in [0.15, 0.2) is 60.7 Å². The van der Waals surface area contributed by atoms with E-state index in [2.05, 4.69) is 29.6 Å². The third-order valence-electron chi connectivity index (χ3n) is 6.88. The second-order valence-electron chi connectivity index (χ2n) is 8.94. The summed E-state index contributed by atoms with van der Waals surface area (Å²) in [5.41, 5.74) is 2.18. The zero-order valence-electron chi connectivity index (χ0n) is 18.2. The average Bonchev–Trinajstić information content (AvgIpc) is 3.60. The highest BCUT2D eigenvalue weighted by atomic mass is 32.2. The zero-order valence-corrected chi connectivity index (χ0v) is 19.0. The number of hydrogen-bond acceptors (Lipinski definition) is 3. The summed E-state index contributed by atoms with van der Waals surface area (Å²) in [4.78, 5) is 12.9. The largest absolute Gasteiger partial charge is 0.355 e. The zero-order chi connectivity index (χ0) is 21.9. The van der Waals surface area contributed by atoms with Gasteiger partial charge in [-0.05, 0) is 42.7 Å². The molecule has 4 rings (SSSR count). The lowest BCUT2D eigenvalue weighted by molar-refractivity contribution is -0.122. The van der Waals surface area contributed by atoms with Crippen molar-refractivity contribution in [2.75, 3.05) is 25.4 Å². The summed E-state index contributed by atoms with van der Waals surface area (Å²) in [6, 6.07) is 20.5. The molecule has 1 N–H and O–H groups in total. The van der Waals surface area contributed by atoms with Gasteiger partial charge >= 0.3 is 0 Å². The molecular weight excluding hydrogens is 408 g/mol. The van der Waals surface area contributed by atoms with Crippen LogP contribution in [0.2, 0.25) is 0 Å². The normalized spacial score (nSPS) is 23.3. The molecule has 5 nitrogen and oxygen atoms in total. The molecule has 1 amide bonds. The summed E-state index contributed by atoms with van der Waals surface area (Å²) in [5, 5.41) is 3.23. The predicted octanol–water partition coefficient (Wildman–Crippen LogP) is 3.68. The second-order valence-corrected chi connectivity index (χ2v) is 11.0. The molecule has 0 spiro atoms. The maximum atomic E-state index is 12.9. The minimum absolute atomic E-state index is 0.0419. The van der Waals surface area contributed by atoms with E-state index in [1.54, 1.807) is 4.31 Å². The highest BCUT2D eigenvalue weighted by molar-refractivity contribution is 7.89. The van der Waals surface area contributed by atoms with Gasteiger partial charge < -0.3 is 5.32 Å². The van der Waals surface area contributed by atoms with E-state index >= 15 is 0 Å². The van der Waals surface area contributed by atoms with Gasteiger partial charge in [0.1, 0.15) is 0 Å². The van der Waals surface area contributed by atoms with Crippen molar-refractivity contribution >= 4 is 15.9 Å². The van der Waals surface area contributed by atoms with Gasteiger partial charge in [0.15, 0.2) is 0 Å². The van der Waals surface area contributed by atoms with Crippen LogP contribution >= 0.6 is 0 Å². The van der Waals surface area contributed by atoms with Crippen molar-refractivity contribution in [1.29, 1.82) is 0 Å². The van der Waals surface area contributed by atoms with Crippen molar-refractivity contribution in [3.63, 3.8) is 0 Å². The first-order valence-electron chi connectivity index (χ1n) is 11.3. The number of benzene rings is 2. The molecule has 1 saturated heterocycles. The van der Waals surface area contributed by atoms with E-state index in [-0.39, 0.29) is 23.0 Å². The first-order valence-corrected chi connectivity index (χ1v) is 12.9. The first-order chi connectivity index (χ1) is 15.0. The standard InChI is InChI=1S/C25H32N2O3S/c1-2-17-31(29,30)27-15-13-25(14-16-27,21-11-7-4-8-12-21)19-26-24(28)23-18-22(23)20-9-5-3-6-10-20/h3-12,22-23H,2,13-19H2,1H3,(H,26,28)/t22-,23+/m0/s1. The van der Waals surface area contributed by atoms with Gasteiger partial charge in [-0.15, -0.1) is 0 Å². The Morgan fingerprint density at radius 2 is 1.65 bits per heavy atom. The molecule has 2 aromatic rings. The van der Waals surface area contributed by atoms with E-state index in [1.807, 2.05) is 43.3 Å². The molecule has 1 aliphatic heterocycles. The van der Waals surface area contributed by atoms with Gasteiger partial charge in [-0.2, -0.15) is 0 Å². The number of sulfonamides is 1. The number of carbonyl (C=O) groups excluding carboxylic acids is 1. The van der Waals surface area contributed by atoms with E-state index < -0.39 is 10.0 Å². The third-order valence-corrected chi connectivity index (χ3v) is 8.95. The number of carbonyl (C=O) groups is 1. The van der Waals surface area contributed by atoms with E-state index in [9.17, 15) is 13.2 Å². The van der Waals surface area contributed by atoms with Crippen molar-refractivity contribution in [3.8, 4) is 0 Å². The fraction of sp³-hybridized carbons (Fsp3) is 0.480. The Bertz CT molecular complexity index is 984. The highest BCUT2D eigenvalue weighted by Crippen LogP contribution is 2.47. The Kier molecular flexibility index (Phi) is 6.49. The predicted molar refractivity (Wildman–Crippen MR) is 123 cm³/mol. The second kappa shape index (κ2) is 9.13. The van der Waals surface area contributed by atoms with Crippen molar-refractivity contribution in [2.45, 2.75) is 43.9 Å². The number of nitrogens with one attached hydrogen (secondary N) is 1. The molecule has 1 aliphatic carbocycles. The van der Waals surface area contributed by atoms with Crippen LogP contribution in [0.25, 0.3) is 0 Å². The summed E-state index contributed by atoms with van der Waals surface area (Å²) in [5.74, 6) is 0.672. The third kappa shape index (κ3) is 4.85. The Labute approximate surface area is 185 Å². The molecular formula is C25H32N2O3S. The van der Waals surface area contributed by atoms with Gasteiger partial charge in [-0.25, -0.2) is 12.7 Å². The van der Waals surface area contributed by atoms with Crippen LogP contribution in [0.1, 0.15) is 49.7 Å². The van der Waals surface area contributed by atoms with Crippen LogP contribution in [-0.2, 0) is 20.2 Å². The smallest absolute Gasteiger partial charge is 0.223 e. The lowest BCUT2D eigenvalue weighted by atomic mass is 9.73. The Balaban J connectivity index is 1.43. The highest BCUT2D eigenvalue weighted by Gasteiger charge is 2.45. The quantitative estimate of drug-likeness (QED) is 0.681. The Morgan fingerprint density at radius 3 is 2.26 bits per heavy atom. The minimum Gasteiger partial charge on any atom is -0.355 e. The Hall–Kier alpha value is -2.18. The van der Waals surface area contributed by atoms with E-state index in [0.717, 1.165) is 6.42 Å². The van der Waals surface area contributed by atoms with Gasteiger partial charge in [-0.3, -0.25) is 4.79 Å². The summed E-state index contributed by atoms with van der Waals surface area (Å²) >= 11 is 0. The molecule has 0 unspecified atom stereocenters. The molecule has 2 fully saturated rings. The summed E-state index contributed by atoms with van der Waals surface area (Å²) in [6.45, 7) is 3.45. The van der Waals surface area contributed by atoms with Gasteiger partial charge in [-0.1, -0.05) is 67.6 Å². The van der Waals surface area contributed by atoms with Crippen LogP contribution in [0.4, 0.5) is 0 Å². The lowest BCUT2D eigenvalue weighted by Crippen LogP contribution is -2.50. The number of hydrogen-bond donors (Lipinski definition) is 1. The number of piperidine rings is 1. The summed E-state index contributed by atoms with van der Waals surface area (Å²) in [6.07, 6.45) is 2.96. The molecule has 0 radical (unpaired) electrons. The SMILES string of the molecule is CCCS(=O)(=O)N1CCC(CNC(=O)[C@@H]2C[C@H]2c2ccccc2)(c2ccccc2)CC1. The van der Waals surface area contributed by atoms with Crippen LogP contribution in [0.3, 0.4) is 0 Å². The molecule has 1 saturated carbocycles. The fourth-order valence-corrected chi connectivity index (χ4v) is 6.39. The molecule has 0 aromatic heterocycles. The minimum atomic E-state index is -3.19. The molecule has 2 aromatic carbocycles. The van der Waals surface area contributed by atoms with Crippen molar-refractivity contribution < 1.29 is 13.2 Å². The van der Waals surface area contributed by atoms with Gasteiger partial charge in [0.05, 0.1) is 5.75 Å². The van der Waals surface area contributed by atoms with E-state index in [1.165, 1.54) is 11.1 Å². The van der Waals surface area contributed by atoms with Crippen LogP contribution in [0.5, 0.6) is 0 Å². The van der Waals surface area contributed by atoms with Crippen LogP contribution in [-0.4, -0.2) is 44.0 Å². The monoisotopic (exact) mass is 440 g/mol. The Morgan fingerprint density at radius 1 is 1.03 bits per heavy atom. The molecule has 166 valence electrons. The van der Waals surface area contributed by atoms with Crippen molar-refractivity contribution in [3.05, 3.63) is 71.8 Å². The number of amides is 1. The fourth-order valence-electron chi connectivity index (χ4n) is 4.88. The van der Waals surface area contributed by atoms with Crippen LogP contribution < -0.4 is 5.32 Å². The van der Waals surface area contributed by atoms with Crippen LogP contribution in [0, 0.1) is 5.92 Å². The molecule has 0 bridgehead atoms. The van der Waals surface area contributed by atoms with Crippen molar-refractivity contribution in [2.24, 2.45) is 5.92 Å². The topological polar surface area (TPSA) is 66.5 Å². The molecule has 6 heteroatoms. The average molecular weight is 441 g/mol. The van der Waals surface area contributed by atoms with Gasteiger partial charge in [0.25, 0.3) is 0 Å². The number of nitrogens with zero attached hydrogens (tertiary/aromatic N) is 1. The van der Waals surface area contributed by atoms with E-state index in [0.29, 0.717) is 44.8 Å². The van der Waals surface area contributed by atoms with Gasteiger partial charge in [0, 0.05) is 31.0 Å².